The number of rotatable bonds is 6. The van der Waals surface area contributed by atoms with Crippen molar-refractivity contribution >= 4 is 27.6 Å². The number of nitrogens with zero attached hydrogens (tertiary/aromatic N) is 1. The van der Waals surface area contributed by atoms with E-state index in [1.165, 1.54) is 18.6 Å². The van der Waals surface area contributed by atoms with Crippen LogP contribution in [0.1, 0.15) is 47.5 Å². The minimum atomic E-state index is -3.10. The molecular weight excluding hydrogens is 318 g/mol. The number of nitrogens with one attached hydrogen (secondary N) is 2. The van der Waals surface area contributed by atoms with E-state index in [-0.39, 0.29) is 10.5 Å². The summed E-state index contributed by atoms with van der Waals surface area (Å²) in [7, 11) is -3.10. The summed E-state index contributed by atoms with van der Waals surface area (Å²) in [6, 6.07) is 0. The Morgan fingerprint density at radius 3 is 2.50 bits per heavy atom. The van der Waals surface area contributed by atoms with Crippen molar-refractivity contribution in [3.8, 4) is 0 Å². The largest absolute Gasteiger partial charge is 0.357 e. The first-order valence-corrected chi connectivity index (χ1v) is 10.6. The van der Waals surface area contributed by atoms with E-state index < -0.39 is 14.6 Å². The number of aliphatic imine (C=N–C) groups is 1. The molecule has 0 aromatic heterocycles. The van der Waals surface area contributed by atoms with Crippen LogP contribution in [0.3, 0.4) is 0 Å². The van der Waals surface area contributed by atoms with E-state index in [4.69, 9.17) is 0 Å². The topological polar surface area (TPSA) is 70.6 Å². The normalized spacial score (nSPS) is 23.6. The number of hydrogen-bond acceptors (Lipinski definition) is 4. The summed E-state index contributed by atoms with van der Waals surface area (Å²) in [6.45, 7) is 11.4. The molecule has 1 heterocycles. The maximum atomic E-state index is 12.1. The Hall–Kier alpha value is -0.430. The number of sulfone groups is 1. The van der Waals surface area contributed by atoms with E-state index in [2.05, 4.69) is 22.5 Å². The fourth-order valence-corrected chi connectivity index (χ4v) is 4.37. The van der Waals surface area contributed by atoms with Crippen LogP contribution >= 0.6 is 11.8 Å². The molecule has 1 rings (SSSR count). The van der Waals surface area contributed by atoms with Gasteiger partial charge in [0, 0.05) is 17.8 Å². The quantitative estimate of drug-likeness (QED) is 0.567. The van der Waals surface area contributed by atoms with Gasteiger partial charge >= 0.3 is 0 Å². The van der Waals surface area contributed by atoms with Gasteiger partial charge in [-0.2, -0.15) is 11.8 Å². The smallest absolute Gasteiger partial charge is 0.191 e. The van der Waals surface area contributed by atoms with Gasteiger partial charge in [0.25, 0.3) is 0 Å². The van der Waals surface area contributed by atoms with Crippen LogP contribution in [0.5, 0.6) is 0 Å². The highest BCUT2D eigenvalue weighted by Gasteiger charge is 2.30. The first-order valence-electron chi connectivity index (χ1n) is 7.98. The van der Waals surface area contributed by atoms with Gasteiger partial charge in [-0.05, 0) is 53.2 Å². The molecule has 2 N–H and O–H groups in total. The van der Waals surface area contributed by atoms with Gasteiger partial charge in [0.15, 0.2) is 15.8 Å². The van der Waals surface area contributed by atoms with Crippen molar-refractivity contribution < 1.29 is 8.42 Å². The average Bonchev–Trinajstić information content (AvgIpc) is 2.82. The second kappa shape index (κ2) is 7.90. The Balaban J connectivity index is 2.54. The Labute approximate surface area is 140 Å². The van der Waals surface area contributed by atoms with Gasteiger partial charge in [-0.15, -0.1) is 0 Å². The third-order valence-electron chi connectivity index (χ3n) is 3.81. The highest BCUT2D eigenvalue weighted by molar-refractivity contribution is 8.00. The summed E-state index contributed by atoms with van der Waals surface area (Å²) in [5, 5.41) is 6.32. The molecule has 0 aromatic rings. The van der Waals surface area contributed by atoms with Gasteiger partial charge in [-0.25, -0.2) is 8.42 Å². The number of thioether (sulfide) groups is 1. The van der Waals surface area contributed by atoms with Gasteiger partial charge in [0.1, 0.15) is 0 Å². The monoisotopic (exact) mass is 349 g/mol. The molecule has 0 saturated carbocycles. The van der Waals surface area contributed by atoms with E-state index in [1.807, 2.05) is 18.7 Å². The summed E-state index contributed by atoms with van der Waals surface area (Å²) in [5.74, 6) is 2.03. The number of hydrogen-bond donors (Lipinski definition) is 2. The molecule has 7 heteroatoms. The summed E-state index contributed by atoms with van der Waals surface area (Å²) >= 11 is 1.98. The maximum Gasteiger partial charge on any atom is 0.191 e. The van der Waals surface area contributed by atoms with Crippen LogP contribution in [0.25, 0.3) is 0 Å². The minimum absolute atomic E-state index is 0.118. The first-order chi connectivity index (χ1) is 10.1. The number of guanidine groups is 1. The van der Waals surface area contributed by atoms with Crippen LogP contribution in [0.4, 0.5) is 0 Å². The van der Waals surface area contributed by atoms with E-state index in [0.717, 1.165) is 13.1 Å². The summed E-state index contributed by atoms with van der Waals surface area (Å²) < 4.78 is 23.7. The molecule has 0 bridgehead atoms. The van der Waals surface area contributed by atoms with Gasteiger partial charge in [0.05, 0.1) is 17.0 Å². The van der Waals surface area contributed by atoms with E-state index >= 15 is 0 Å². The predicted octanol–water partition coefficient (Wildman–Crippen LogP) is 2.04. The molecule has 0 aromatic carbocycles. The van der Waals surface area contributed by atoms with Gasteiger partial charge in [-0.3, -0.25) is 4.99 Å². The molecule has 1 aliphatic rings. The molecule has 1 fully saturated rings. The molecule has 0 amide bonds. The van der Waals surface area contributed by atoms with Crippen molar-refractivity contribution in [2.75, 3.05) is 31.1 Å². The van der Waals surface area contributed by atoms with Crippen molar-refractivity contribution in [2.45, 2.75) is 57.0 Å². The summed E-state index contributed by atoms with van der Waals surface area (Å²) in [6.07, 6.45) is 2.45. The third kappa shape index (κ3) is 5.99. The SMILES string of the molecule is CCNC(=NCC1(C)CCCS1)NCCS(=O)(=O)C(C)(C)C. The molecule has 5 nitrogen and oxygen atoms in total. The molecule has 1 saturated heterocycles. The highest BCUT2D eigenvalue weighted by atomic mass is 32.2. The second-order valence-corrected chi connectivity index (χ2v) is 11.5. The van der Waals surface area contributed by atoms with Crippen LogP contribution in [-0.2, 0) is 9.84 Å². The van der Waals surface area contributed by atoms with Crippen LogP contribution in [0.2, 0.25) is 0 Å². The summed E-state index contributed by atoms with van der Waals surface area (Å²) in [5.41, 5.74) is 0. The van der Waals surface area contributed by atoms with Crippen molar-refractivity contribution in [1.82, 2.24) is 10.6 Å². The second-order valence-electron chi connectivity index (χ2n) is 6.96. The van der Waals surface area contributed by atoms with E-state index in [0.29, 0.717) is 12.5 Å². The van der Waals surface area contributed by atoms with Gasteiger partial charge in [-0.1, -0.05) is 0 Å². The molecule has 22 heavy (non-hydrogen) atoms. The molecule has 130 valence electrons. The van der Waals surface area contributed by atoms with Crippen molar-refractivity contribution in [1.29, 1.82) is 0 Å². The van der Waals surface area contributed by atoms with Crippen LogP contribution in [-0.4, -0.2) is 55.0 Å². The lowest BCUT2D eigenvalue weighted by molar-refractivity contribution is 0.558. The average molecular weight is 350 g/mol. The lowest BCUT2D eigenvalue weighted by atomic mass is 10.1. The van der Waals surface area contributed by atoms with E-state index in [9.17, 15) is 8.42 Å². The Kier molecular flexibility index (Phi) is 7.05. The standard InChI is InChI=1S/C15H31N3O2S2/c1-6-16-13(18-12-15(5)8-7-10-21-15)17-9-11-22(19,20)14(2,3)4/h6-12H2,1-5H3,(H2,16,17,18). The zero-order chi connectivity index (χ0) is 16.9. The first kappa shape index (κ1) is 19.6. The molecule has 1 unspecified atom stereocenters. The third-order valence-corrected chi connectivity index (χ3v) is 7.94. The molecule has 0 aliphatic carbocycles. The van der Waals surface area contributed by atoms with E-state index in [1.54, 1.807) is 20.8 Å². The van der Waals surface area contributed by atoms with Crippen LogP contribution < -0.4 is 10.6 Å². The predicted molar refractivity (Wildman–Crippen MR) is 97.6 cm³/mol. The fourth-order valence-electron chi connectivity index (χ4n) is 2.16. The van der Waals surface area contributed by atoms with Crippen LogP contribution in [0.15, 0.2) is 4.99 Å². The van der Waals surface area contributed by atoms with Crippen molar-refractivity contribution in [3.05, 3.63) is 0 Å². The lowest BCUT2D eigenvalue weighted by Crippen LogP contribution is -2.42. The summed E-state index contributed by atoms with van der Waals surface area (Å²) in [4.78, 5) is 4.63. The molecule has 0 radical (unpaired) electrons. The van der Waals surface area contributed by atoms with Gasteiger partial charge < -0.3 is 10.6 Å². The zero-order valence-corrected chi connectivity index (χ0v) is 16.2. The molecule has 1 atom stereocenters. The highest BCUT2D eigenvalue weighted by Crippen LogP contribution is 2.37. The Bertz CT molecular complexity index is 476. The maximum absolute atomic E-state index is 12.1. The zero-order valence-electron chi connectivity index (χ0n) is 14.5. The van der Waals surface area contributed by atoms with Crippen molar-refractivity contribution in [3.63, 3.8) is 0 Å². The molecule has 1 aliphatic heterocycles. The van der Waals surface area contributed by atoms with Crippen molar-refractivity contribution in [2.24, 2.45) is 4.99 Å². The molecular formula is C15H31N3O2S2. The Morgan fingerprint density at radius 2 is 2.00 bits per heavy atom. The minimum Gasteiger partial charge on any atom is -0.357 e. The fraction of sp³-hybridized carbons (Fsp3) is 0.933. The lowest BCUT2D eigenvalue weighted by Gasteiger charge is -2.22. The Morgan fingerprint density at radius 1 is 1.32 bits per heavy atom. The van der Waals surface area contributed by atoms with Gasteiger partial charge in [0.2, 0.25) is 0 Å². The van der Waals surface area contributed by atoms with Crippen LogP contribution in [0, 0.1) is 0 Å². The molecule has 0 spiro atoms.